The van der Waals surface area contributed by atoms with Gasteiger partial charge in [0.2, 0.25) is 10.0 Å². The number of halogens is 1. The largest absolute Gasteiger partial charge is 0.345 e. The van der Waals surface area contributed by atoms with Crippen molar-refractivity contribution in [1.29, 1.82) is 0 Å². The molecule has 158 valence electrons. The van der Waals surface area contributed by atoms with E-state index < -0.39 is 10.0 Å². The van der Waals surface area contributed by atoms with E-state index in [1.54, 1.807) is 22.9 Å². The summed E-state index contributed by atoms with van der Waals surface area (Å²) >= 11 is 6.01. The van der Waals surface area contributed by atoms with Crippen LogP contribution in [0.1, 0.15) is 27.4 Å². The SMILES string of the molecule is Cn1nc(CNC(=O)c2cc(-c3cccc(Cl)c3)n[nH]2)c2c1CCN(S(C)(=O)=O)C2. The summed E-state index contributed by atoms with van der Waals surface area (Å²) in [5.74, 6) is -0.328. The molecule has 11 heteroatoms. The average molecular weight is 449 g/mol. The third-order valence-electron chi connectivity index (χ3n) is 5.12. The Balaban J connectivity index is 1.48. The molecule has 0 fully saturated rings. The van der Waals surface area contributed by atoms with E-state index in [1.165, 1.54) is 10.6 Å². The Morgan fingerprint density at radius 2 is 2.13 bits per heavy atom. The first-order valence-electron chi connectivity index (χ1n) is 9.30. The zero-order chi connectivity index (χ0) is 21.5. The van der Waals surface area contributed by atoms with E-state index >= 15 is 0 Å². The number of fused-ring (bicyclic) bond motifs is 1. The molecule has 0 radical (unpaired) electrons. The molecule has 1 aromatic carbocycles. The maximum Gasteiger partial charge on any atom is 0.269 e. The first-order chi connectivity index (χ1) is 14.2. The highest BCUT2D eigenvalue weighted by molar-refractivity contribution is 7.88. The molecule has 1 aliphatic heterocycles. The number of hydrogen-bond acceptors (Lipinski definition) is 5. The Morgan fingerprint density at radius 1 is 1.33 bits per heavy atom. The van der Waals surface area contributed by atoms with Crippen LogP contribution < -0.4 is 5.32 Å². The van der Waals surface area contributed by atoms with Crippen LogP contribution in [-0.4, -0.2) is 51.4 Å². The second kappa shape index (κ2) is 7.86. The van der Waals surface area contributed by atoms with Gasteiger partial charge in [-0.2, -0.15) is 14.5 Å². The molecule has 0 saturated carbocycles. The Morgan fingerprint density at radius 3 is 2.87 bits per heavy atom. The lowest BCUT2D eigenvalue weighted by Crippen LogP contribution is -2.36. The molecule has 3 aromatic rings. The summed E-state index contributed by atoms with van der Waals surface area (Å²) in [5.41, 5.74) is 4.22. The molecule has 0 aliphatic carbocycles. The Hall–Kier alpha value is -2.69. The van der Waals surface area contributed by atoms with Gasteiger partial charge >= 0.3 is 0 Å². The van der Waals surface area contributed by atoms with Crippen LogP contribution in [0.4, 0.5) is 0 Å². The van der Waals surface area contributed by atoms with Gasteiger partial charge in [-0.25, -0.2) is 8.42 Å². The van der Waals surface area contributed by atoms with Crippen molar-refractivity contribution >= 4 is 27.5 Å². The van der Waals surface area contributed by atoms with E-state index in [2.05, 4.69) is 20.6 Å². The standard InChI is InChI=1S/C19H21ClN6O3S/c1-25-18-6-7-26(30(2,28)29)11-14(18)17(24-25)10-21-19(27)16-9-15(22-23-16)12-4-3-5-13(20)8-12/h3-5,8-9H,6-7,10-11H2,1-2H3,(H,21,27)(H,22,23). The summed E-state index contributed by atoms with van der Waals surface area (Å²) in [5, 5.41) is 14.8. The number of benzene rings is 1. The predicted molar refractivity (Wildman–Crippen MR) is 112 cm³/mol. The number of nitrogens with zero attached hydrogens (tertiary/aromatic N) is 4. The van der Waals surface area contributed by atoms with Crippen LogP contribution in [0.5, 0.6) is 0 Å². The summed E-state index contributed by atoms with van der Waals surface area (Å²) in [6.45, 7) is 0.874. The van der Waals surface area contributed by atoms with E-state index in [-0.39, 0.29) is 19.0 Å². The number of amides is 1. The highest BCUT2D eigenvalue weighted by atomic mass is 35.5. The Labute approximate surface area is 179 Å². The Kier molecular flexibility index (Phi) is 5.39. The normalized spacial score (nSPS) is 14.5. The van der Waals surface area contributed by atoms with Crippen LogP contribution in [0.25, 0.3) is 11.3 Å². The van der Waals surface area contributed by atoms with Gasteiger partial charge in [-0.15, -0.1) is 0 Å². The molecule has 2 aromatic heterocycles. The van der Waals surface area contributed by atoms with E-state index in [9.17, 15) is 13.2 Å². The molecule has 2 N–H and O–H groups in total. The van der Waals surface area contributed by atoms with Gasteiger partial charge in [0.1, 0.15) is 5.69 Å². The van der Waals surface area contributed by atoms with Crippen LogP contribution in [0.15, 0.2) is 30.3 Å². The number of aromatic nitrogens is 4. The van der Waals surface area contributed by atoms with Crippen molar-refractivity contribution < 1.29 is 13.2 Å². The maximum atomic E-state index is 12.6. The molecule has 1 amide bonds. The van der Waals surface area contributed by atoms with Gasteiger partial charge in [-0.3, -0.25) is 14.6 Å². The molecule has 4 rings (SSSR count). The summed E-state index contributed by atoms with van der Waals surface area (Å²) in [6, 6.07) is 8.87. The third-order valence-corrected chi connectivity index (χ3v) is 6.60. The van der Waals surface area contributed by atoms with Crippen LogP contribution in [0, 0.1) is 0 Å². The summed E-state index contributed by atoms with van der Waals surface area (Å²) < 4.78 is 27.0. The van der Waals surface area contributed by atoms with Gasteiger partial charge in [0.15, 0.2) is 0 Å². The smallest absolute Gasteiger partial charge is 0.269 e. The topological polar surface area (TPSA) is 113 Å². The zero-order valence-corrected chi connectivity index (χ0v) is 18.1. The van der Waals surface area contributed by atoms with Crippen LogP contribution in [-0.2, 0) is 36.6 Å². The number of aryl methyl sites for hydroxylation is 1. The number of aromatic amines is 1. The quantitative estimate of drug-likeness (QED) is 0.617. The van der Waals surface area contributed by atoms with Crippen molar-refractivity contribution in [2.45, 2.75) is 19.5 Å². The second-order valence-electron chi connectivity index (χ2n) is 7.20. The van der Waals surface area contributed by atoms with Crippen LogP contribution in [0.3, 0.4) is 0 Å². The predicted octanol–water partition coefficient (Wildman–Crippen LogP) is 1.71. The van der Waals surface area contributed by atoms with E-state index in [0.717, 1.165) is 16.8 Å². The van der Waals surface area contributed by atoms with Crippen molar-refractivity contribution in [3.63, 3.8) is 0 Å². The summed E-state index contributed by atoms with van der Waals surface area (Å²) in [6.07, 6.45) is 1.79. The van der Waals surface area contributed by atoms with Crippen molar-refractivity contribution in [2.24, 2.45) is 7.05 Å². The molecule has 0 bridgehead atoms. The molecular weight excluding hydrogens is 428 g/mol. The van der Waals surface area contributed by atoms with Gasteiger partial charge in [0.25, 0.3) is 5.91 Å². The minimum absolute atomic E-state index is 0.186. The molecule has 0 unspecified atom stereocenters. The fourth-order valence-electron chi connectivity index (χ4n) is 3.56. The highest BCUT2D eigenvalue weighted by Gasteiger charge is 2.28. The van der Waals surface area contributed by atoms with E-state index in [0.29, 0.717) is 35.1 Å². The van der Waals surface area contributed by atoms with Gasteiger partial charge < -0.3 is 5.32 Å². The molecule has 3 heterocycles. The van der Waals surface area contributed by atoms with Crippen molar-refractivity contribution in [2.75, 3.05) is 12.8 Å². The van der Waals surface area contributed by atoms with Crippen LogP contribution in [0.2, 0.25) is 5.02 Å². The monoisotopic (exact) mass is 448 g/mol. The highest BCUT2D eigenvalue weighted by Crippen LogP contribution is 2.24. The Bertz CT molecular complexity index is 1220. The molecular formula is C19H21ClN6O3S. The zero-order valence-electron chi connectivity index (χ0n) is 16.5. The van der Waals surface area contributed by atoms with Gasteiger partial charge in [-0.1, -0.05) is 23.7 Å². The fourth-order valence-corrected chi connectivity index (χ4v) is 4.54. The number of carbonyl (C=O) groups is 1. The molecule has 1 aliphatic rings. The van der Waals surface area contributed by atoms with Crippen LogP contribution >= 0.6 is 11.6 Å². The van der Waals surface area contributed by atoms with Gasteiger partial charge in [0.05, 0.1) is 24.2 Å². The lowest BCUT2D eigenvalue weighted by atomic mass is 10.1. The number of hydrogen-bond donors (Lipinski definition) is 2. The summed E-state index contributed by atoms with van der Waals surface area (Å²) in [7, 11) is -1.46. The third kappa shape index (κ3) is 4.11. The molecule has 9 nitrogen and oxygen atoms in total. The number of rotatable bonds is 5. The van der Waals surface area contributed by atoms with Crippen molar-refractivity contribution in [1.82, 2.24) is 29.6 Å². The first-order valence-corrected chi connectivity index (χ1v) is 11.5. The van der Waals surface area contributed by atoms with Crippen molar-refractivity contribution in [3.05, 3.63) is 58.0 Å². The number of H-pyrrole nitrogens is 1. The lowest BCUT2D eigenvalue weighted by molar-refractivity contribution is 0.0945. The van der Waals surface area contributed by atoms with E-state index in [1.807, 2.05) is 19.2 Å². The number of carbonyl (C=O) groups excluding carboxylic acids is 1. The maximum absolute atomic E-state index is 12.6. The second-order valence-corrected chi connectivity index (χ2v) is 9.62. The molecule has 0 spiro atoms. The van der Waals surface area contributed by atoms with E-state index in [4.69, 9.17) is 11.6 Å². The lowest BCUT2D eigenvalue weighted by Gasteiger charge is -2.25. The number of nitrogens with one attached hydrogen (secondary N) is 2. The molecule has 0 saturated heterocycles. The average Bonchev–Trinajstić information content (AvgIpc) is 3.31. The minimum Gasteiger partial charge on any atom is -0.345 e. The van der Waals surface area contributed by atoms with Crippen molar-refractivity contribution in [3.8, 4) is 11.3 Å². The first kappa shape index (κ1) is 20.6. The van der Waals surface area contributed by atoms with Gasteiger partial charge in [-0.05, 0) is 18.2 Å². The molecule has 0 atom stereocenters. The molecule has 30 heavy (non-hydrogen) atoms. The van der Waals surface area contributed by atoms with Gasteiger partial charge in [0, 0.05) is 48.4 Å². The minimum atomic E-state index is -3.29. The number of sulfonamides is 1. The fraction of sp³-hybridized carbons (Fsp3) is 0.316. The summed E-state index contributed by atoms with van der Waals surface area (Å²) in [4.78, 5) is 12.6.